The Hall–Kier alpha value is -1.17. The van der Waals surface area contributed by atoms with Crippen LogP contribution in [0.1, 0.15) is 31.2 Å². The Bertz CT molecular complexity index is 581. The van der Waals surface area contributed by atoms with Crippen LogP contribution in [0.3, 0.4) is 0 Å². The number of benzene rings is 1. The molecule has 4 nitrogen and oxygen atoms in total. The highest BCUT2D eigenvalue weighted by molar-refractivity contribution is 7.80. The number of nitrogens with one attached hydrogen (secondary N) is 1. The van der Waals surface area contributed by atoms with E-state index in [-0.39, 0.29) is 5.78 Å². The van der Waals surface area contributed by atoms with Gasteiger partial charge in [0.1, 0.15) is 5.54 Å². The van der Waals surface area contributed by atoms with Crippen LogP contribution in [0.25, 0.3) is 0 Å². The molecule has 2 rings (SSSR count). The molecule has 1 aliphatic carbocycles. The molecule has 1 saturated carbocycles. The number of halogens is 1. The van der Waals surface area contributed by atoms with E-state index in [1.165, 1.54) is 0 Å². The fourth-order valence-corrected chi connectivity index (χ4v) is 3.73. The second kappa shape index (κ2) is 8.08. The van der Waals surface area contributed by atoms with E-state index >= 15 is 0 Å². The highest BCUT2D eigenvalue weighted by Gasteiger charge is 2.46. The molecule has 6 heteroatoms. The predicted octanol–water partition coefficient (Wildman–Crippen LogP) is 3.13. The van der Waals surface area contributed by atoms with Crippen LogP contribution in [0, 0.1) is 0 Å². The molecule has 23 heavy (non-hydrogen) atoms. The van der Waals surface area contributed by atoms with Crippen molar-refractivity contribution in [2.45, 2.75) is 31.2 Å². The van der Waals surface area contributed by atoms with Gasteiger partial charge in [0.15, 0.2) is 10.9 Å². The quantitative estimate of drug-likeness (QED) is 0.650. The van der Waals surface area contributed by atoms with Gasteiger partial charge in [-0.05, 0) is 37.5 Å². The van der Waals surface area contributed by atoms with Gasteiger partial charge in [-0.25, -0.2) is 0 Å². The van der Waals surface area contributed by atoms with Crippen molar-refractivity contribution in [2.75, 3.05) is 27.3 Å². The van der Waals surface area contributed by atoms with Crippen LogP contribution in [-0.2, 0) is 15.1 Å². The minimum Gasteiger partial charge on any atom is -0.383 e. The topological polar surface area (TPSA) is 41.6 Å². The molecule has 0 bridgehead atoms. The van der Waals surface area contributed by atoms with Crippen LogP contribution in [0.15, 0.2) is 24.3 Å². The lowest BCUT2D eigenvalue weighted by Crippen LogP contribution is -2.57. The highest BCUT2D eigenvalue weighted by Crippen LogP contribution is 2.42. The number of ketones is 1. The van der Waals surface area contributed by atoms with Gasteiger partial charge in [0.05, 0.1) is 6.61 Å². The molecule has 1 fully saturated rings. The number of likely N-dealkylation sites (N-methyl/N-ethyl adjacent to an activating group) is 1. The minimum absolute atomic E-state index is 0.176. The molecule has 0 unspecified atom stereocenters. The van der Waals surface area contributed by atoms with Crippen LogP contribution in [0.2, 0.25) is 5.02 Å². The number of hydrogen-bond acceptors (Lipinski definition) is 3. The average Bonchev–Trinajstić information content (AvgIpc) is 2.56. The van der Waals surface area contributed by atoms with E-state index in [0.29, 0.717) is 29.7 Å². The monoisotopic (exact) mass is 354 g/mol. The van der Waals surface area contributed by atoms with E-state index in [1.54, 1.807) is 7.11 Å². The summed E-state index contributed by atoms with van der Waals surface area (Å²) < 4.78 is 5.04. The molecule has 0 amide bonds. The van der Waals surface area contributed by atoms with E-state index in [2.05, 4.69) is 5.32 Å². The number of hydrogen-bond donors (Lipinski definition) is 1. The summed E-state index contributed by atoms with van der Waals surface area (Å²) in [6.07, 6.45) is 3.17. The van der Waals surface area contributed by atoms with E-state index in [1.807, 2.05) is 36.2 Å². The van der Waals surface area contributed by atoms with E-state index in [0.717, 1.165) is 24.8 Å². The first-order valence-corrected chi connectivity index (χ1v) is 8.61. The molecule has 1 aromatic rings. The van der Waals surface area contributed by atoms with Gasteiger partial charge in [-0.1, -0.05) is 29.8 Å². The zero-order chi connectivity index (χ0) is 16.9. The summed E-state index contributed by atoms with van der Waals surface area (Å²) in [5.41, 5.74) is 0.0538. The Morgan fingerprint density at radius 3 is 2.83 bits per heavy atom. The lowest BCUT2D eigenvalue weighted by Gasteiger charge is -2.45. The highest BCUT2D eigenvalue weighted by atomic mass is 35.5. The Labute approximate surface area is 148 Å². The van der Waals surface area contributed by atoms with Gasteiger partial charge < -0.3 is 15.0 Å². The number of nitrogens with zero attached hydrogens (tertiary/aromatic N) is 1. The van der Waals surface area contributed by atoms with Crippen LogP contribution in [0.4, 0.5) is 0 Å². The van der Waals surface area contributed by atoms with Crippen molar-refractivity contribution in [2.24, 2.45) is 0 Å². The summed E-state index contributed by atoms with van der Waals surface area (Å²) in [5.74, 6) is 0.176. The van der Waals surface area contributed by atoms with Crippen LogP contribution in [-0.4, -0.2) is 43.1 Å². The number of Topliss-reactive ketones (excluding diaryl/α,β-unsaturated/α-hetero) is 1. The van der Waals surface area contributed by atoms with Crippen molar-refractivity contribution in [3.05, 3.63) is 34.9 Å². The standard InChI is InChI=1S/C17H23ClN2O2S/c1-20(16(23)19-11-12-22-2)17(10-6-5-9-15(17)21)13-7-3-4-8-14(13)18/h3-4,7-8H,5-6,9-12H2,1-2H3,(H,19,23)/t17-/m0/s1. The second-order valence-electron chi connectivity index (χ2n) is 5.75. The van der Waals surface area contributed by atoms with Crippen molar-refractivity contribution in [1.82, 2.24) is 10.2 Å². The maximum Gasteiger partial charge on any atom is 0.169 e. The van der Waals surface area contributed by atoms with E-state index in [9.17, 15) is 4.79 Å². The van der Waals surface area contributed by atoms with E-state index < -0.39 is 5.54 Å². The first-order valence-electron chi connectivity index (χ1n) is 7.83. The van der Waals surface area contributed by atoms with Gasteiger partial charge in [0, 0.05) is 37.7 Å². The summed E-state index contributed by atoms with van der Waals surface area (Å²) in [6.45, 7) is 1.16. The molecule has 0 spiro atoms. The molecule has 0 radical (unpaired) electrons. The van der Waals surface area contributed by atoms with Crippen LogP contribution >= 0.6 is 23.8 Å². The Morgan fingerprint density at radius 1 is 1.43 bits per heavy atom. The lowest BCUT2D eigenvalue weighted by molar-refractivity contribution is -0.131. The second-order valence-corrected chi connectivity index (χ2v) is 6.55. The molecule has 0 aromatic heterocycles. The van der Waals surface area contributed by atoms with Crippen molar-refractivity contribution >= 4 is 34.7 Å². The fourth-order valence-electron chi connectivity index (χ4n) is 3.18. The van der Waals surface area contributed by atoms with E-state index in [4.69, 9.17) is 28.6 Å². The smallest absolute Gasteiger partial charge is 0.169 e. The zero-order valence-corrected chi connectivity index (χ0v) is 15.2. The molecule has 0 saturated heterocycles. The SMILES string of the molecule is COCCNC(=S)N(C)[C@]1(c2ccccc2Cl)CCCCC1=O. The summed E-state index contributed by atoms with van der Waals surface area (Å²) in [5, 5.41) is 4.30. The molecule has 1 aliphatic rings. The maximum atomic E-state index is 12.9. The zero-order valence-electron chi connectivity index (χ0n) is 13.6. The molecule has 1 N–H and O–H groups in total. The molecular weight excluding hydrogens is 332 g/mol. The third-order valence-electron chi connectivity index (χ3n) is 4.43. The van der Waals surface area contributed by atoms with Gasteiger partial charge in [-0.15, -0.1) is 0 Å². The Morgan fingerprint density at radius 2 is 2.17 bits per heavy atom. The number of methoxy groups -OCH3 is 1. The third-order valence-corrected chi connectivity index (χ3v) is 5.18. The van der Waals surface area contributed by atoms with Crippen molar-refractivity contribution in [3.63, 3.8) is 0 Å². The van der Waals surface area contributed by atoms with Gasteiger partial charge in [0.2, 0.25) is 0 Å². The third kappa shape index (κ3) is 3.67. The Kier molecular flexibility index (Phi) is 6.39. The van der Waals surface area contributed by atoms with Gasteiger partial charge in [-0.2, -0.15) is 0 Å². The van der Waals surface area contributed by atoms with Crippen molar-refractivity contribution in [3.8, 4) is 0 Å². The number of carbonyl (C=O) groups excluding carboxylic acids is 1. The fraction of sp³-hybridized carbons (Fsp3) is 0.529. The largest absolute Gasteiger partial charge is 0.383 e. The van der Waals surface area contributed by atoms with Gasteiger partial charge in [-0.3, -0.25) is 4.79 Å². The molecule has 1 aromatic carbocycles. The first-order chi connectivity index (χ1) is 11.0. The molecule has 0 aliphatic heterocycles. The van der Waals surface area contributed by atoms with Crippen molar-refractivity contribution in [1.29, 1.82) is 0 Å². The summed E-state index contributed by atoms with van der Waals surface area (Å²) in [6, 6.07) is 7.55. The average molecular weight is 355 g/mol. The number of thiocarbonyl (C=S) groups is 1. The minimum atomic E-state index is -0.784. The molecular formula is C17H23ClN2O2S. The molecule has 1 atom stereocenters. The predicted molar refractivity (Wildman–Crippen MR) is 96.8 cm³/mol. The van der Waals surface area contributed by atoms with Crippen molar-refractivity contribution < 1.29 is 9.53 Å². The number of rotatable bonds is 5. The van der Waals surface area contributed by atoms with Crippen LogP contribution < -0.4 is 5.32 Å². The van der Waals surface area contributed by atoms with Gasteiger partial charge >= 0.3 is 0 Å². The molecule has 0 heterocycles. The first kappa shape index (κ1) is 18.2. The normalized spacial score (nSPS) is 21.1. The summed E-state index contributed by atoms with van der Waals surface area (Å²) >= 11 is 11.9. The summed E-state index contributed by atoms with van der Waals surface area (Å²) in [7, 11) is 3.51. The molecule has 126 valence electrons. The van der Waals surface area contributed by atoms with Crippen LogP contribution in [0.5, 0.6) is 0 Å². The number of ether oxygens (including phenoxy) is 1. The Balaban J connectivity index is 2.36. The summed E-state index contributed by atoms with van der Waals surface area (Å²) in [4.78, 5) is 14.8. The lowest BCUT2D eigenvalue weighted by atomic mass is 9.74. The maximum absolute atomic E-state index is 12.9. The van der Waals surface area contributed by atoms with Gasteiger partial charge in [0.25, 0.3) is 0 Å². The number of carbonyl (C=O) groups is 1.